The molecule has 0 radical (unpaired) electrons. The third kappa shape index (κ3) is 5.75. The average Bonchev–Trinajstić information content (AvgIpc) is 3.14. The summed E-state index contributed by atoms with van der Waals surface area (Å²) < 4.78 is 10.6. The number of benzene rings is 2. The monoisotopic (exact) mass is 410 g/mol. The van der Waals surface area contributed by atoms with E-state index in [4.69, 9.17) is 9.47 Å². The van der Waals surface area contributed by atoms with Crippen LogP contribution < -0.4 is 10.1 Å². The number of amides is 2. The summed E-state index contributed by atoms with van der Waals surface area (Å²) in [6.07, 6.45) is 2.21. The normalized spacial score (nSPS) is 16.3. The van der Waals surface area contributed by atoms with Crippen molar-refractivity contribution in [2.45, 2.75) is 51.7 Å². The molecule has 160 valence electrons. The summed E-state index contributed by atoms with van der Waals surface area (Å²) in [5, 5.41) is 2.70. The number of likely N-dealkylation sites (tertiary alicyclic amines) is 1. The Bertz CT molecular complexity index is 904. The molecule has 6 nitrogen and oxygen atoms in total. The average molecular weight is 411 g/mol. The molecular formula is C24H30N2O4. The molecule has 1 aliphatic heterocycles. The molecule has 0 bridgehead atoms. The smallest absolute Gasteiger partial charge is 0.412 e. The molecule has 0 aromatic heterocycles. The van der Waals surface area contributed by atoms with Crippen LogP contribution in [-0.2, 0) is 11.2 Å². The molecular weight excluding hydrogens is 380 g/mol. The number of hydrogen-bond acceptors (Lipinski definition) is 4. The molecule has 0 aliphatic carbocycles. The lowest BCUT2D eigenvalue weighted by Crippen LogP contribution is -2.36. The molecule has 30 heavy (non-hydrogen) atoms. The van der Waals surface area contributed by atoms with Crippen molar-refractivity contribution in [3.8, 4) is 5.75 Å². The first kappa shape index (κ1) is 21.7. The Hall–Kier alpha value is -3.02. The van der Waals surface area contributed by atoms with Gasteiger partial charge in [0.15, 0.2) is 0 Å². The highest BCUT2D eigenvalue weighted by Gasteiger charge is 2.29. The lowest BCUT2D eigenvalue weighted by molar-refractivity contribution is 0.0634. The van der Waals surface area contributed by atoms with Crippen LogP contribution in [-0.4, -0.2) is 42.2 Å². The summed E-state index contributed by atoms with van der Waals surface area (Å²) in [6, 6.07) is 15.1. The second-order valence-corrected chi connectivity index (χ2v) is 8.56. The predicted octanol–water partition coefficient (Wildman–Crippen LogP) is 4.89. The molecule has 1 fully saturated rings. The number of carbonyl (C=O) groups excluding carboxylic acids is 2. The van der Waals surface area contributed by atoms with Gasteiger partial charge >= 0.3 is 6.09 Å². The third-order valence-electron chi connectivity index (χ3n) is 5.00. The summed E-state index contributed by atoms with van der Waals surface area (Å²) in [4.78, 5) is 27.2. The second-order valence-electron chi connectivity index (χ2n) is 8.56. The van der Waals surface area contributed by atoms with Gasteiger partial charge in [-0.2, -0.15) is 0 Å². The van der Waals surface area contributed by atoms with E-state index in [0.29, 0.717) is 11.3 Å². The van der Waals surface area contributed by atoms with Crippen molar-refractivity contribution in [1.29, 1.82) is 0 Å². The minimum Gasteiger partial charge on any atom is -0.497 e. The molecule has 2 amide bonds. The Balaban J connectivity index is 1.69. The maximum absolute atomic E-state index is 13.2. The van der Waals surface area contributed by atoms with Gasteiger partial charge in [-0.1, -0.05) is 18.2 Å². The van der Waals surface area contributed by atoms with E-state index in [1.165, 1.54) is 0 Å². The van der Waals surface area contributed by atoms with Crippen molar-refractivity contribution in [3.05, 3.63) is 59.7 Å². The van der Waals surface area contributed by atoms with E-state index in [9.17, 15) is 9.59 Å². The van der Waals surface area contributed by atoms with E-state index < -0.39 is 11.7 Å². The first-order chi connectivity index (χ1) is 14.2. The highest BCUT2D eigenvalue weighted by Crippen LogP contribution is 2.25. The zero-order valence-electron chi connectivity index (χ0n) is 18.1. The lowest BCUT2D eigenvalue weighted by Gasteiger charge is -2.25. The lowest BCUT2D eigenvalue weighted by atomic mass is 10.0. The topological polar surface area (TPSA) is 67.9 Å². The molecule has 3 rings (SSSR count). The summed E-state index contributed by atoms with van der Waals surface area (Å²) in [5.41, 5.74) is 1.67. The van der Waals surface area contributed by atoms with Gasteiger partial charge in [-0.05, 0) is 75.9 Å². The molecule has 0 saturated carbocycles. The van der Waals surface area contributed by atoms with Gasteiger partial charge in [0.2, 0.25) is 0 Å². The van der Waals surface area contributed by atoms with Gasteiger partial charge < -0.3 is 14.4 Å². The first-order valence-corrected chi connectivity index (χ1v) is 10.3. The SMILES string of the molecule is COc1cccc(CC2CCCN2C(=O)c2cccc(NC(=O)OC(C)(C)C)c2)c1. The maximum Gasteiger partial charge on any atom is 0.412 e. The molecule has 1 unspecified atom stereocenters. The minimum atomic E-state index is -0.583. The maximum atomic E-state index is 13.2. The highest BCUT2D eigenvalue weighted by atomic mass is 16.6. The van der Waals surface area contributed by atoms with Gasteiger partial charge in [-0.15, -0.1) is 0 Å². The molecule has 2 aromatic carbocycles. The molecule has 1 aliphatic rings. The number of anilines is 1. The van der Waals surface area contributed by atoms with E-state index in [1.807, 2.05) is 43.9 Å². The molecule has 1 heterocycles. The fraction of sp³-hybridized carbons (Fsp3) is 0.417. The molecule has 0 spiro atoms. The number of nitrogens with one attached hydrogen (secondary N) is 1. The zero-order chi connectivity index (χ0) is 21.7. The van der Waals surface area contributed by atoms with Crippen LogP contribution in [0.4, 0.5) is 10.5 Å². The number of ether oxygens (including phenoxy) is 2. The quantitative estimate of drug-likeness (QED) is 0.762. The second kappa shape index (κ2) is 9.20. The van der Waals surface area contributed by atoms with Crippen molar-refractivity contribution in [2.24, 2.45) is 0 Å². The number of methoxy groups -OCH3 is 1. The molecule has 6 heteroatoms. The predicted molar refractivity (Wildman–Crippen MR) is 117 cm³/mol. The van der Waals surface area contributed by atoms with Crippen LogP contribution in [0.2, 0.25) is 0 Å². The Morgan fingerprint density at radius 3 is 2.63 bits per heavy atom. The Morgan fingerprint density at radius 1 is 1.13 bits per heavy atom. The summed E-state index contributed by atoms with van der Waals surface area (Å²) in [5.74, 6) is 0.803. The van der Waals surface area contributed by atoms with E-state index in [-0.39, 0.29) is 11.9 Å². The summed E-state index contributed by atoms with van der Waals surface area (Å²) >= 11 is 0. The summed E-state index contributed by atoms with van der Waals surface area (Å²) in [6.45, 7) is 6.16. The Labute approximate surface area is 178 Å². The highest BCUT2D eigenvalue weighted by molar-refractivity contribution is 5.96. The van der Waals surface area contributed by atoms with Crippen LogP contribution in [0, 0.1) is 0 Å². The van der Waals surface area contributed by atoms with E-state index in [2.05, 4.69) is 11.4 Å². The van der Waals surface area contributed by atoms with Crippen molar-refractivity contribution in [3.63, 3.8) is 0 Å². The Kier molecular flexibility index (Phi) is 6.65. The number of hydrogen-bond donors (Lipinski definition) is 1. The van der Waals surface area contributed by atoms with Gasteiger partial charge in [0, 0.05) is 23.8 Å². The number of rotatable bonds is 5. The van der Waals surface area contributed by atoms with Crippen LogP contribution in [0.15, 0.2) is 48.5 Å². The van der Waals surface area contributed by atoms with E-state index in [0.717, 1.165) is 37.1 Å². The van der Waals surface area contributed by atoms with Crippen molar-refractivity contribution < 1.29 is 19.1 Å². The molecule has 1 atom stereocenters. The number of carbonyl (C=O) groups is 2. The van der Waals surface area contributed by atoms with Crippen molar-refractivity contribution in [2.75, 3.05) is 19.0 Å². The molecule has 2 aromatic rings. The van der Waals surface area contributed by atoms with Crippen molar-refractivity contribution in [1.82, 2.24) is 4.90 Å². The van der Waals surface area contributed by atoms with Gasteiger partial charge in [0.25, 0.3) is 5.91 Å². The van der Waals surface area contributed by atoms with Crippen LogP contribution in [0.25, 0.3) is 0 Å². The van der Waals surface area contributed by atoms with E-state index in [1.54, 1.807) is 31.4 Å². The zero-order valence-corrected chi connectivity index (χ0v) is 18.1. The summed E-state index contributed by atoms with van der Waals surface area (Å²) in [7, 11) is 1.66. The first-order valence-electron chi connectivity index (χ1n) is 10.3. The van der Waals surface area contributed by atoms with Crippen LogP contribution in [0.3, 0.4) is 0 Å². The largest absolute Gasteiger partial charge is 0.497 e. The van der Waals surface area contributed by atoms with Crippen molar-refractivity contribution >= 4 is 17.7 Å². The van der Waals surface area contributed by atoms with Crippen LogP contribution >= 0.6 is 0 Å². The molecule has 1 N–H and O–H groups in total. The van der Waals surface area contributed by atoms with Crippen LogP contribution in [0.1, 0.15) is 49.5 Å². The van der Waals surface area contributed by atoms with Gasteiger partial charge in [-0.25, -0.2) is 4.79 Å². The minimum absolute atomic E-state index is 0.0202. The number of nitrogens with zero attached hydrogens (tertiary/aromatic N) is 1. The van der Waals surface area contributed by atoms with Gasteiger partial charge in [-0.3, -0.25) is 10.1 Å². The van der Waals surface area contributed by atoms with Gasteiger partial charge in [0.05, 0.1) is 7.11 Å². The molecule has 1 saturated heterocycles. The fourth-order valence-electron chi connectivity index (χ4n) is 3.70. The standard InChI is InChI=1S/C24H30N2O4/c1-24(2,3)30-23(28)25-19-10-6-9-18(16-19)22(27)26-13-7-11-20(26)14-17-8-5-12-21(15-17)29-4/h5-6,8-10,12,15-16,20H,7,11,13-14H2,1-4H3,(H,25,28). The van der Waals surface area contributed by atoms with Gasteiger partial charge in [0.1, 0.15) is 11.4 Å². The Morgan fingerprint density at radius 2 is 1.90 bits per heavy atom. The fourth-order valence-corrected chi connectivity index (χ4v) is 3.70. The van der Waals surface area contributed by atoms with E-state index >= 15 is 0 Å². The third-order valence-corrected chi connectivity index (χ3v) is 5.00. The van der Waals surface area contributed by atoms with Crippen LogP contribution in [0.5, 0.6) is 5.75 Å².